The zero-order valence-electron chi connectivity index (χ0n) is 18.0. The van der Waals surface area contributed by atoms with E-state index in [2.05, 4.69) is 15.6 Å². The number of benzene rings is 2. The fourth-order valence-electron chi connectivity index (χ4n) is 3.77. The number of rotatable bonds is 10. The van der Waals surface area contributed by atoms with Crippen molar-refractivity contribution in [1.29, 1.82) is 0 Å². The van der Waals surface area contributed by atoms with Crippen molar-refractivity contribution in [2.24, 2.45) is 0 Å². The van der Waals surface area contributed by atoms with Gasteiger partial charge in [-0.3, -0.25) is 9.59 Å². The molecule has 7 heteroatoms. The van der Waals surface area contributed by atoms with E-state index >= 15 is 0 Å². The highest BCUT2D eigenvalue weighted by atomic mass is 35.5. The zero-order valence-corrected chi connectivity index (χ0v) is 18.7. The molecular formula is C25H25ClFN3O2. The molecule has 1 heterocycles. The highest BCUT2D eigenvalue weighted by Crippen LogP contribution is 2.35. The molecule has 3 aromatic rings. The van der Waals surface area contributed by atoms with Gasteiger partial charge < -0.3 is 15.6 Å². The van der Waals surface area contributed by atoms with Crippen LogP contribution in [0.3, 0.4) is 0 Å². The molecule has 0 saturated carbocycles. The van der Waals surface area contributed by atoms with E-state index in [-0.39, 0.29) is 5.82 Å². The number of halogens is 2. The Bertz CT molecular complexity index is 1140. The molecule has 1 aromatic heterocycles. The van der Waals surface area contributed by atoms with Crippen molar-refractivity contribution in [2.75, 3.05) is 11.9 Å². The van der Waals surface area contributed by atoms with Crippen LogP contribution in [0.25, 0.3) is 22.8 Å². The van der Waals surface area contributed by atoms with E-state index in [1.807, 2.05) is 19.9 Å². The van der Waals surface area contributed by atoms with E-state index in [0.717, 1.165) is 52.1 Å². The van der Waals surface area contributed by atoms with Crippen LogP contribution in [0.1, 0.15) is 35.9 Å². The molecule has 0 fully saturated rings. The molecule has 0 aliphatic heterocycles. The first-order valence-electron chi connectivity index (χ1n) is 10.3. The summed E-state index contributed by atoms with van der Waals surface area (Å²) in [4.78, 5) is 25.0. The van der Waals surface area contributed by atoms with Gasteiger partial charge >= 0.3 is 0 Å². The van der Waals surface area contributed by atoms with Gasteiger partial charge in [0, 0.05) is 39.8 Å². The zero-order chi connectivity index (χ0) is 23.1. The summed E-state index contributed by atoms with van der Waals surface area (Å²) in [6, 6.07) is 11.7. The van der Waals surface area contributed by atoms with Crippen molar-refractivity contribution in [3.05, 3.63) is 75.8 Å². The quantitative estimate of drug-likeness (QED) is 0.276. The number of aromatic nitrogens is 1. The van der Waals surface area contributed by atoms with Crippen LogP contribution in [0.2, 0.25) is 5.02 Å². The van der Waals surface area contributed by atoms with Crippen LogP contribution < -0.4 is 10.6 Å². The van der Waals surface area contributed by atoms with Crippen molar-refractivity contribution in [2.45, 2.75) is 26.7 Å². The predicted molar refractivity (Wildman–Crippen MR) is 128 cm³/mol. The normalized spacial score (nSPS) is 11.3. The van der Waals surface area contributed by atoms with Crippen molar-refractivity contribution in [3.63, 3.8) is 0 Å². The number of aromatic amines is 1. The van der Waals surface area contributed by atoms with E-state index in [1.165, 1.54) is 12.1 Å². The number of anilines is 1. The standard InChI is InChI=1S/C25H25ClFN3O2/c1-16(21-13-19(26)7-10-23(21)29-15-32)12-24-25(18-5-8-20(27)9-6-18)17(2)22(30-24)4-3-11-28-14-31/h5-10,12-15,30H,3-4,11H2,1-2H3,(H,28,31)(H,29,32)/b16-12+. The summed E-state index contributed by atoms with van der Waals surface area (Å²) in [6.45, 7) is 4.56. The van der Waals surface area contributed by atoms with Gasteiger partial charge in [0.2, 0.25) is 12.8 Å². The van der Waals surface area contributed by atoms with Crippen LogP contribution >= 0.6 is 11.6 Å². The Kier molecular flexibility index (Phi) is 7.84. The predicted octanol–water partition coefficient (Wildman–Crippen LogP) is 5.59. The fraction of sp³-hybridized carbons (Fsp3) is 0.200. The summed E-state index contributed by atoms with van der Waals surface area (Å²) in [5.74, 6) is -0.293. The number of H-pyrrole nitrogens is 1. The molecule has 0 radical (unpaired) electrons. The number of hydrogen-bond acceptors (Lipinski definition) is 2. The fourth-order valence-corrected chi connectivity index (χ4v) is 3.94. The third kappa shape index (κ3) is 5.45. The average molecular weight is 454 g/mol. The Labute approximate surface area is 191 Å². The minimum absolute atomic E-state index is 0.293. The number of nitrogens with one attached hydrogen (secondary N) is 3. The van der Waals surface area contributed by atoms with E-state index < -0.39 is 0 Å². The van der Waals surface area contributed by atoms with Crippen molar-refractivity contribution in [1.82, 2.24) is 10.3 Å². The van der Waals surface area contributed by atoms with Gasteiger partial charge in [0.05, 0.1) is 0 Å². The van der Waals surface area contributed by atoms with Crippen LogP contribution in [0, 0.1) is 12.7 Å². The van der Waals surface area contributed by atoms with Crippen LogP contribution in [0.4, 0.5) is 10.1 Å². The van der Waals surface area contributed by atoms with Crippen molar-refractivity contribution in [3.8, 4) is 11.1 Å². The Morgan fingerprint density at radius 3 is 2.56 bits per heavy atom. The lowest BCUT2D eigenvalue weighted by Gasteiger charge is -2.10. The second-order valence-electron chi connectivity index (χ2n) is 7.48. The maximum Gasteiger partial charge on any atom is 0.211 e. The third-order valence-electron chi connectivity index (χ3n) is 5.33. The minimum atomic E-state index is -0.293. The van der Waals surface area contributed by atoms with E-state index in [0.29, 0.717) is 30.1 Å². The molecule has 0 saturated heterocycles. The third-order valence-corrected chi connectivity index (χ3v) is 5.56. The van der Waals surface area contributed by atoms with Crippen LogP contribution in [0.5, 0.6) is 0 Å². The largest absolute Gasteiger partial charge is 0.359 e. The van der Waals surface area contributed by atoms with Gasteiger partial charge in [-0.1, -0.05) is 23.7 Å². The monoisotopic (exact) mass is 453 g/mol. The summed E-state index contributed by atoms with van der Waals surface area (Å²) in [5.41, 5.74) is 7.23. The molecule has 2 aromatic carbocycles. The molecule has 0 atom stereocenters. The molecule has 2 amide bonds. The van der Waals surface area contributed by atoms with Gasteiger partial charge in [-0.15, -0.1) is 0 Å². The number of hydrogen-bond donors (Lipinski definition) is 3. The Morgan fingerprint density at radius 1 is 1.12 bits per heavy atom. The van der Waals surface area contributed by atoms with Gasteiger partial charge in [0.25, 0.3) is 0 Å². The molecule has 0 spiro atoms. The van der Waals surface area contributed by atoms with Crippen LogP contribution in [0.15, 0.2) is 42.5 Å². The maximum atomic E-state index is 13.5. The highest BCUT2D eigenvalue weighted by Gasteiger charge is 2.16. The topological polar surface area (TPSA) is 74.0 Å². The molecule has 32 heavy (non-hydrogen) atoms. The summed E-state index contributed by atoms with van der Waals surface area (Å²) >= 11 is 6.20. The smallest absolute Gasteiger partial charge is 0.211 e. The van der Waals surface area contributed by atoms with Gasteiger partial charge in [-0.25, -0.2) is 4.39 Å². The van der Waals surface area contributed by atoms with Crippen molar-refractivity contribution < 1.29 is 14.0 Å². The summed E-state index contributed by atoms with van der Waals surface area (Å²) in [7, 11) is 0. The number of carbonyl (C=O) groups excluding carboxylic acids is 2. The minimum Gasteiger partial charge on any atom is -0.359 e. The SMILES string of the molecule is C/C(=C\c1[nH]c(CCCNC=O)c(C)c1-c1ccc(F)cc1)c1cc(Cl)ccc1NC=O. The highest BCUT2D eigenvalue weighted by molar-refractivity contribution is 6.31. The van der Waals surface area contributed by atoms with Crippen LogP contribution in [-0.4, -0.2) is 24.3 Å². The molecular weight excluding hydrogens is 429 g/mol. The summed E-state index contributed by atoms with van der Waals surface area (Å²) < 4.78 is 13.5. The van der Waals surface area contributed by atoms with Gasteiger partial charge in [-0.2, -0.15) is 0 Å². The first kappa shape index (κ1) is 23.3. The number of allylic oxidation sites excluding steroid dienone is 1. The average Bonchev–Trinajstić information content (AvgIpc) is 3.08. The van der Waals surface area contributed by atoms with Crippen LogP contribution in [-0.2, 0) is 16.0 Å². The van der Waals surface area contributed by atoms with Crippen molar-refractivity contribution >= 4 is 41.8 Å². The molecule has 0 aliphatic rings. The molecule has 0 aliphatic carbocycles. The molecule has 3 rings (SSSR count). The Balaban J connectivity index is 2.07. The molecule has 166 valence electrons. The second kappa shape index (κ2) is 10.8. The van der Waals surface area contributed by atoms with E-state index in [9.17, 15) is 14.0 Å². The maximum absolute atomic E-state index is 13.5. The lowest BCUT2D eigenvalue weighted by molar-refractivity contribution is -0.109. The Morgan fingerprint density at radius 2 is 1.88 bits per heavy atom. The second-order valence-corrected chi connectivity index (χ2v) is 7.92. The summed E-state index contributed by atoms with van der Waals surface area (Å²) in [5, 5.41) is 5.95. The van der Waals surface area contributed by atoms with E-state index in [1.54, 1.807) is 30.3 Å². The van der Waals surface area contributed by atoms with Gasteiger partial charge in [-0.05, 0) is 79.8 Å². The summed E-state index contributed by atoms with van der Waals surface area (Å²) in [6.07, 6.45) is 4.86. The lowest BCUT2D eigenvalue weighted by atomic mass is 9.97. The number of carbonyl (C=O) groups is 2. The lowest BCUT2D eigenvalue weighted by Crippen LogP contribution is -2.12. The first-order valence-corrected chi connectivity index (χ1v) is 10.6. The number of amides is 2. The van der Waals surface area contributed by atoms with E-state index in [4.69, 9.17) is 11.6 Å². The first-order chi connectivity index (χ1) is 15.4. The Hall–Kier alpha value is -3.38. The van der Waals surface area contributed by atoms with Gasteiger partial charge in [0.1, 0.15) is 5.82 Å². The number of aryl methyl sites for hydroxylation is 1. The molecule has 0 unspecified atom stereocenters. The molecule has 3 N–H and O–H groups in total. The molecule has 0 bridgehead atoms. The molecule has 5 nitrogen and oxygen atoms in total. The van der Waals surface area contributed by atoms with Gasteiger partial charge in [0.15, 0.2) is 0 Å².